The molecule has 1 unspecified atom stereocenters. The summed E-state index contributed by atoms with van der Waals surface area (Å²) in [7, 11) is 3.78. The summed E-state index contributed by atoms with van der Waals surface area (Å²) < 4.78 is 0. The molecule has 0 aromatic carbocycles. The van der Waals surface area contributed by atoms with Gasteiger partial charge in [-0.25, -0.2) is 0 Å². The van der Waals surface area contributed by atoms with Gasteiger partial charge < -0.3 is 10.2 Å². The Hall–Kier alpha value is -0.280. The largest absolute Gasteiger partial charge is 0.345 e. The van der Waals surface area contributed by atoms with Crippen molar-refractivity contribution in [1.29, 1.82) is 0 Å². The van der Waals surface area contributed by atoms with Crippen LogP contribution in [0.5, 0.6) is 0 Å². The molecule has 0 aliphatic carbocycles. The minimum Gasteiger partial charge on any atom is -0.345 e. The van der Waals surface area contributed by atoms with Gasteiger partial charge in [-0.15, -0.1) is 12.4 Å². The average molecular weight is 179 g/mol. The standard InChI is InChI=1S/C7H14N2O.ClH/c1-8-4-6-3-7(10)9(2)5-6;/h6,8H,3-5H2,1-2H3;1H. The van der Waals surface area contributed by atoms with Gasteiger partial charge in [0.25, 0.3) is 0 Å². The Labute approximate surface area is 73.5 Å². The minimum atomic E-state index is 0. The molecule has 66 valence electrons. The van der Waals surface area contributed by atoms with Gasteiger partial charge >= 0.3 is 0 Å². The van der Waals surface area contributed by atoms with E-state index >= 15 is 0 Å². The molecule has 0 saturated carbocycles. The molecule has 4 heteroatoms. The summed E-state index contributed by atoms with van der Waals surface area (Å²) in [6.07, 6.45) is 0.720. The van der Waals surface area contributed by atoms with Crippen LogP contribution < -0.4 is 5.32 Å². The molecule has 1 aliphatic heterocycles. The summed E-state index contributed by atoms with van der Waals surface area (Å²) in [6.45, 7) is 1.87. The van der Waals surface area contributed by atoms with E-state index < -0.39 is 0 Å². The number of carbonyl (C=O) groups is 1. The van der Waals surface area contributed by atoms with Crippen LogP contribution >= 0.6 is 12.4 Å². The van der Waals surface area contributed by atoms with Crippen molar-refractivity contribution >= 4 is 18.3 Å². The van der Waals surface area contributed by atoms with Gasteiger partial charge in [0, 0.05) is 20.0 Å². The zero-order valence-electron chi connectivity index (χ0n) is 6.96. The number of nitrogens with one attached hydrogen (secondary N) is 1. The lowest BCUT2D eigenvalue weighted by Crippen LogP contribution is -2.22. The molecule has 0 spiro atoms. The highest BCUT2D eigenvalue weighted by molar-refractivity contribution is 5.85. The zero-order valence-corrected chi connectivity index (χ0v) is 7.78. The van der Waals surface area contributed by atoms with Crippen molar-refractivity contribution in [3.63, 3.8) is 0 Å². The Morgan fingerprint density at radius 2 is 2.36 bits per heavy atom. The Morgan fingerprint density at radius 3 is 2.73 bits per heavy atom. The van der Waals surface area contributed by atoms with Crippen LogP contribution in [0, 0.1) is 5.92 Å². The second-order valence-electron chi connectivity index (χ2n) is 2.90. The molecule has 1 atom stereocenters. The predicted molar refractivity (Wildman–Crippen MR) is 46.9 cm³/mol. The van der Waals surface area contributed by atoms with Crippen molar-refractivity contribution in [2.24, 2.45) is 5.92 Å². The van der Waals surface area contributed by atoms with E-state index in [0.717, 1.165) is 19.5 Å². The molecule has 11 heavy (non-hydrogen) atoms. The van der Waals surface area contributed by atoms with E-state index in [1.807, 2.05) is 14.1 Å². The molecule has 3 nitrogen and oxygen atoms in total. The Balaban J connectivity index is 0.000001000. The lowest BCUT2D eigenvalue weighted by Gasteiger charge is -2.08. The summed E-state index contributed by atoms with van der Waals surface area (Å²) >= 11 is 0. The van der Waals surface area contributed by atoms with E-state index in [-0.39, 0.29) is 18.3 Å². The van der Waals surface area contributed by atoms with Gasteiger partial charge in [0.1, 0.15) is 0 Å². The zero-order chi connectivity index (χ0) is 7.56. The average Bonchev–Trinajstić information content (AvgIpc) is 2.14. The highest BCUT2D eigenvalue weighted by atomic mass is 35.5. The molecule has 0 radical (unpaired) electrons. The molecule has 1 heterocycles. The molecule has 0 aromatic rings. The summed E-state index contributed by atoms with van der Waals surface area (Å²) in [5, 5.41) is 3.07. The molecule has 1 fully saturated rings. The second kappa shape index (κ2) is 4.57. The SMILES string of the molecule is CNCC1CC(=O)N(C)C1.Cl. The maximum atomic E-state index is 11.0. The van der Waals surface area contributed by atoms with Crippen molar-refractivity contribution in [2.75, 3.05) is 27.2 Å². The molecule has 1 saturated heterocycles. The molecular weight excluding hydrogens is 164 g/mol. The van der Waals surface area contributed by atoms with Gasteiger partial charge in [0.15, 0.2) is 0 Å². The van der Waals surface area contributed by atoms with Gasteiger partial charge in [-0.3, -0.25) is 4.79 Å². The van der Waals surface area contributed by atoms with Gasteiger partial charge in [-0.1, -0.05) is 0 Å². The number of halogens is 1. The summed E-state index contributed by atoms with van der Waals surface area (Å²) in [4.78, 5) is 12.8. The van der Waals surface area contributed by atoms with E-state index in [4.69, 9.17) is 0 Å². The van der Waals surface area contributed by atoms with E-state index in [2.05, 4.69) is 5.32 Å². The Morgan fingerprint density at radius 1 is 1.73 bits per heavy atom. The van der Waals surface area contributed by atoms with Crippen LogP contribution in [0.2, 0.25) is 0 Å². The van der Waals surface area contributed by atoms with E-state index in [9.17, 15) is 4.79 Å². The highest BCUT2D eigenvalue weighted by Crippen LogP contribution is 2.14. The molecule has 1 aliphatic rings. The molecule has 1 N–H and O–H groups in total. The third kappa shape index (κ3) is 2.67. The first kappa shape index (κ1) is 10.7. The molecule has 0 aromatic heterocycles. The molecule has 0 bridgehead atoms. The van der Waals surface area contributed by atoms with E-state index in [1.54, 1.807) is 4.90 Å². The summed E-state index contributed by atoms with van der Waals surface area (Å²) in [5.74, 6) is 0.808. The number of likely N-dealkylation sites (tertiary alicyclic amines) is 1. The molecular formula is C7H15ClN2O. The minimum absolute atomic E-state index is 0. The van der Waals surface area contributed by atoms with Gasteiger partial charge in [0.05, 0.1) is 0 Å². The van der Waals surface area contributed by atoms with Gasteiger partial charge in [-0.2, -0.15) is 0 Å². The monoisotopic (exact) mass is 178 g/mol. The van der Waals surface area contributed by atoms with Crippen LogP contribution in [0.3, 0.4) is 0 Å². The van der Waals surface area contributed by atoms with Crippen molar-refractivity contribution < 1.29 is 4.79 Å². The van der Waals surface area contributed by atoms with Crippen LogP contribution in [0.4, 0.5) is 0 Å². The van der Waals surface area contributed by atoms with E-state index in [0.29, 0.717) is 5.92 Å². The third-order valence-electron chi connectivity index (χ3n) is 1.91. The van der Waals surface area contributed by atoms with Crippen LogP contribution in [0.15, 0.2) is 0 Å². The van der Waals surface area contributed by atoms with Crippen LogP contribution in [-0.2, 0) is 4.79 Å². The third-order valence-corrected chi connectivity index (χ3v) is 1.91. The highest BCUT2D eigenvalue weighted by Gasteiger charge is 2.25. The Bertz CT molecular complexity index is 140. The van der Waals surface area contributed by atoms with Crippen molar-refractivity contribution in [3.8, 4) is 0 Å². The van der Waals surface area contributed by atoms with Gasteiger partial charge in [-0.05, 0) is 19.5 Å². The van der Waals surface area contributed by atoms with Crippen LogP contribution in [0.1, 0.15) is 6.42 Å². The maximum Gasteiger partial charge on any atom is 0.222 e. The number of hydrogen-bond acceptors (Lipinski definition) is 2. The van der Waals surface area contributed by atoms with E-state index in [1.165, 1.54) is 0 Å². The lowest BCUT2D eigenvalue weighted by atomic mass is 10.1. The molecule has 1 rings (SSSR count). The topological polar surface area (TPSA) is 32.3 Å². The number of rotatable bonds is 2. The number of carbonyl (C=O) groups excluding carboxylic acids is 1. The second-order valence-corrected chi connectivity index (χ2v) is 2.90. The fourth-order valence-electron chi connectivity index (χ4n) is 1.38. The quantitative estimate of drug-likeness (QED) is 0.651. The van der Waals surface area contributed by atoms with Crippen LogP contribution in [0.25, 0.3) is 0 Å². The summed E-state index contributed by atoms with van der Waals surface area (Å²) in [5.41, 5.74) is 0. The smallest absolute Gasteiger partial charge is 0.222 e. The predicted octanol–water partition coefficient (Wildman–Crippen LogP) is 0.106. The number of nitrogens with zero attached hydrogens (tertiary/aromatic N) is 1. The lowest BCUT2D eigenvalue weighted by molar-refractivity contribution is -0.126. The first-order valence-electron chi connectivity index (χ1n) is 3.62. The first-order valence-corrected chi connectivity index (χ1v) is 3.62. The normalized spacial score (nSPS) is 23.6. The van der Waals surface area contributed by atoms with Crippen molar-refractivity contribution in [1.82, 2.24) is 10.2 Å². The number of amides is 1. The summed E-state index contributed by atoms with van der Waals surface area (Å²) in [6, 6.07) is 0. The van der Waals surface area contributed by atoms with Crippen LogP contribution in [-0.4, -0.2) is 38.0 Å². The first-order chi connectivity index (χ1) is 4.74. The maximum absolute atomic E-state index is 11.0. The Kier molecular flexibility index (Phi) is 4.45. The fourth-order valence-corrected chi connectivity index (χ4v) is 1.38. The van der Waals surface area contributed by atoms with Crippen molar-refractivity contribution in [2.45, 2.75) is 6.42 Å². The molecule has 1 amide bonds. The van der Waals surface area contributed by atoms with Gasteiger partial charge in [0.2, 0.25) is 5.91 Å². The van der Waals surface area contributed by atoms with Crippen molar-refractivity contribution in [3.05, 3.63) is 0 Å². The number of hydrogen-bond donors (Lipinski definition) is 1. The fraction of sp³-hybridized carbons (Fsp3) is 0.857.